The number of nitrogens with zero attached hydrogens (tertiary/aromatic N) is 1. The molecular formula is C59H88N2O20. The fourth-order valence-corrected chi connectivity index (χ4v) is 11.0. The maximum absolute atomic E-state index is 14.1. The lowest BCUT2D eigenvalue weighted by molar-refractivity contribution is -0.399. The summed E-state index contributed by atoms with van der Waals surface area (Å²) < 4.78 is 61.5. The largest absolute Gasteiger partial charge is 0.507 e. The maximum Gasteiger partial charge on any atom is 0.265 e. The van der Waals surface area contributed by atoms with Crippen LogP contribution >= 0.6 is 0 Å². The van der Waals surface area contributed by atoms with E-state index in [1.54, 1.807) is 101 Å². The van der Waals surface area contributed by atoms with Gasteiger partial charge in [-0.05, 0) is 58.3 Å². The zero-order valence-electron chi connectivity index (χ0n) is 48.9. The molecule has 5 rings (SSSR count). The fraction of sp³-hybridized carbons (Fsp3) is 0.644. The van der Waals surface area contributed by atoms with Crippen LogP contribution in [0.2, 0.25) is 0 Å². The monoisotopic (exact) mass is 1140 g/mol. The highest BCUT2D eigenvalue weighted by molar-refractivity contribution is 6.09. The summed E-state index contributed by atoms with van der Waals surface area (Å²) in [6.45, 7) is 15.6. The molecule has 0 bridgehead atoms. The molecule has 1 aromatic heterocycles. The summed E-state index contributed by atoms with van der Waals surface area (Å²) >= 11 is 0. The van der Waals surface area contributed by atoms with E-state index >= 15 is 0 Å². The molecule has 454 valence electrons. The Balaban J connectivity index is 1.24. The van der Waals surface area contributed by atoms with Crippen LogP contribution in [0.4, 0.5) is 0 Å². The van der Waals surface area contributed by atoms with E-state index in [2.05, 4.69) is 5.32 Å². The zero-order valence-corrected chi connectivity index (χ0v) is 48.9. The van der Waals surface area contributed by atoms with E-state index in [9.17, 15) is 50.1 Å². The third kappa shape index (κ3) is 15.0. The number of aliphatic hydroxyl groups is 6. The Labute approximate surface area is 474 Å². The molecule has 4 fully saturated rings. The number of hydrogen-bond acceptors (Lipinski definition) is 20. The second-order valence-corrected chi connectivity index (χ2v) is 21.7. The van der Waals surface area contributed by atoms with Crippen LogP contribution in [0.5, 0.6) is 5.75 Å². The van der Waals surface area contributed by atoms with Gasteiger partial charge in [0, 0.05) is 59.6 Å². The molecule has 21 unspecified atom stereocenters. The molecule has 5 heterocycles. The Morgan fingerprint density at radius 1 is 0.802 bits per heavy atom. The topological polar surface area (TPSA) is 302 Å². The molecule has 0 aliphatic carbocycles. The first-order chi connectivity index (χ1) is 38.3. The summed E-state index contributed by atoms with van der Waals surface area (Å²) in [6.07, 6.45) is 1.89. The number of amides is 1. The molecule has 0 radical (unpaired) electrons. The van der Waals surface area contributed by atoms with Crippen molar-refractivity contribution in [1.82, 2.24) is 9.88 Å². The number of aliphatic hydroxyl groups excluding tert-OH is 5. The molecule has 81 heavy (non-hydrogen) atoms. The first kappa shape index (κ1) is 67.2. The molecule has 4 aliphatic rings. The Bertz CT molecular complexity index is 2520. The Morgan fingerprint density at radius 3 is 2.07 bits per heavy atom. The normalized spacial score (nSPS) is 36.3. The van der Waals surface area contributed by atoms with Crippen molar-refractivity contribution in [3.05, 3.63) is 112 Å². The van der Waals surface area contributed by atoms with Gasteiger partial charge >= 0.3 is 0 Å². The van der Waals surface area contributed by atoms with Gasteiger partial charge in [-0.15, -0.1) is 0 Å². The molecular weight excluding hydrogens is 1060 g/mol. The van der Waals surface area contributed by atoms with Gasteiger partial charge in [-0.1, -0.05) is 101 Å². The molecule has 22 heteroatoms. The minimum Gasteiger partial charge on any atom is -0.507 e. The number of aromatic hydroxyl groups is 1. The van der Waals surface area contributed by atoms with Gasteiger partial charge in [0.05, 0.1) is 42.5 Å². The standard InChI is InChI=1S/C59H88N2O20/c1-15-17-19-27-39-58(8,9)53(80-56-45(67)50(74-13)49(35(7)76-56)79-57-51(75-14)44(66)48(73-12)34(6)77-57)52(68)59(71,81-39)36(16-2)54(69)60-29-23-22-25-32(4)46(72-11)33(5)47-43(65)42(64)38(78-47)26-21-18-20-24-31(3)41(63)40-37(62)28-30-61(10)55(40)70/h15,17-28,30,33-36,38-39,42-53,56-57,62,64-68,71H,16,29H2,1-14H3,(H,60,69)/b17-15+,20-18+,23-22+,26-21+,27-19+,31-24+,32-25+. The number of ether oxygens (including phenoxy) is 10. The predicted molar refractivity (Wildman–Crippen MR) is 296 cm³/mol. The number of pyridine rings is 1. The van der Waals surface area contributed by atoms with Crippen LogP contribution in [-0.2, 0) is 59.2 Å². The number of allylic oxidation sites excluding steroid dienone is 10. The van der Waals surface area contributed by atoms with Crippen LogP contribution in [0.3, 0.4) is 0 Å². The zero-order chi connectivity index (χ0) is 60.3. The summed E-state index contributed by atoms with van der Waals surface area (Å²) in [6, 6.07) is 1.27. The van der Waals surface area contributed by atoms with Crippen molar-refractivity contribution in [3.63, 3.8) is 0 Å². The lowest BCUT2D eigenvalue weighted by Crippen LogP contribution is -2.71. The molecule has 4 saturated heterocycles. The van der Waals surface area contributed by atoms with Crippen LogP contribution < -0.4 is 10.9 Å². The van der Waals surface area contributed by atoms with Crippen molar-refractivity contribution >= 4 is 11.7 Å². The number of Topliss-reactive ketones (excluding diaryl/α,β-unsaturated/α-hetero) is 1. The number of ketones is 1. The Morgan fingerprint density at radius 2 is 1.44 bits per heavy atom. The number of aryl methyl sites for hydroxylation is 1. The van der Waals surface area contributed by atoms with Crippen LogP contribution in [0.1, 0.15) is 79.1 Å². The lowest BCUT2D eigenvalue weighted by Gasteiger charge is -2.55. The predicted octanol–water partition coefficient (Wildman–Crippen LogP) is 2.75. The number of carbonyl (C=O) groups excluding carboxylic acids is 2. The number of methoxy groups -OCH3 is 4. The third-order valence-electron chi connectivity index (χ3n) is 15.8. The number of aromatic nitrogens is 1. The van der Waals surface area contributed by atoms with Gasteiger partial charge in [0.1, 0.15) is 72.4 Å². The number of carbonyl (C=O) groups is 2. The van der Waals surface area contributed by atoms with Gasteiger partial charge in [0.2, 0.25) is 11.7 Å². The van der Waals surface area contributed by atoms with Gasteiger partial charge in [-0.25, -0.2) is 0 Å². The third-order valence-corrected chi connectivity index (χ3v) is 15.8. The van der Waals surface area contributed by atoms with Crippen LogP contribution in [0.25, 0.3) is 0 Å². The summed E-state index contributed by atoms with van der Waals surface area (Å²) in [5.74, 6) is -6.00. The highest BCUT2D eigenvalue weighted by Gasteiger charge is 2.63. The number of rotatable bonds is 24. The molecule has 22 nitrogen and oxygen atoms in total. The van der Waals surface area contributed by atoms with Crippen molar-refractivity contribution < 1.29 is 92.7 Å². The minimum absolute atomic E-state index is 0.000641. The molecule has 0 spiro atoms. The molecule has 0 aromatic carbocycles. The van der Waals surface area contributed by atoms with E-state index in [0.29, 0.717) is 0 Å². The molecule has 1 amide bonds. The van der Waals surface area contributed by atoms with E-state index < -0.39 is 156 Å². The fourth-order valence-electron chi connectivity index (χ4n) is 11.0. The average molecular weight is 1150 g/mol. The average Bonchev–Trinajstić information content (AvgIpc) is 3.72. The minimum atomic E-state index is -2.53. The highest BCUT2D eigenvalue weighted by Crippen LogP contribution is 2.47. The van der Waals surface area contributed by atoms with Gasteiger partial charge in [-0.3, -0.25) is 14.4 Å². The van der Waals surface area contributed by atoms with Crippen LogP contribution in [0.15, 0.2) is 101 Å². The second-order valence-electron chi connectivity index (χ2n) is 21.7. The molecule has 0 saturated carbocycles. The summed E-state index contributed by atoms with van der Waals surface area (Å²) in [5.41, 5.74) is -1.14. The van der Waals surface area contributed by atoms with E-state index in [0.717, 1.165) is 5.57 Å². The molecule has 21 atom stereocenters. The van der Waals surface area contributed by atoms with Gasteiger partial charge < -0.3 is 93.0 Å². The van der Waals surface area contributed by atoms with E-state index in [1.165, 1.54) is 65.3 Å². The van der Waals surface area contributed by atoms with Crippen molar-refractivity contribution in [2.75, 3.05) is 35.0 Å². The molecule has 1 aromatic rings. The Kier molecular flexibility index (Phi) is 24.7. The van der Waals surface area contributed by atoms with E-state index in [4.69, 9.17) is 47.4 Å². The van der Waals surface area contributed by atoms with E-state index in [1.807, 2.05) is 20.8 Å². The SMILES string of the molecule is C/C=C/C=C/C1OC(O)(C(CC)C(=O)NC/C=C/C=C(\C)C(OC)C(C)C2OC(/C=C/C=C/C=C(\C)C(=O)c3c(O)ccn(C)c3=O)C(O)C2O)C(O)C(OC2OC(C)C(OC3OC(C)C(OC)C(O)C3OC)C(OC)C2O)C1(C)C. The highest BCUT2D eigenvalue weighted by atomic mass is 16.8. The maximum atomic E-state index is 14.1. The van der Waals surface area contributed by atoms with Crippen LogP contribution in [-0.4, -0.2) is 203 Å². The van der Waals surface area contributed by atoms with Crippen LogP contribution in [0, 0.1) is 17.3 Å². The first-order valence-corrected chi connectivity index (χ1v) is 27.4. The summed E-state index contributed by atoms with van der Waals surface area (Å²) in [5, 5.41) is 82.6. The smallest absolute Gasteiger partial charge is 0.265 e. The van der Waals surface area contributed by atoms with Crippen molar-refractivity contribution in [2.24, 2.45) is 24.3 Å². The van der Waals surface area contributed by atoms with Gasteiger partial charge in [0.15, 0.2) is 18.4 Å². The molecule has 4 aliphatic heterocycles. The van der Waals surface area contributed by atoms with Gasteiger partial charge in [0.25, 0.3) is 5.56 Å². The first-order valence-electron chi connectivity index (χ1n) is 27.4. The molecule has 8 N–H and O–H groups in total. The lowest BCUT2D eigenvalue weighted by atomic mass is 9.70. The number of hydrogen-bond donors (Lipinski definition) is 8. The number of nitrogens with one attached hydrogen (secondary N) is 1. The quantitative estimate of drug-likeness (QED) is 0.0419. The van der Waals surface area contributed by atoms with Gasteiger partial charge in [-0.2, -0.15) is 0 Å². The van der Waals surface area contributed by atoms with Crippen molar-refractivity contribution in [3.8, 4) is 5.75 Å². The summed E-state index contributed by atoms with van der Waals surface area (Å²) in [4.78, 5) is 39.4. The second kappa shape index (κ2) is 29.8. The summed E-state index contributed by atoms with van der Waals surface area (Å²) in [7, 11) is 7.22. The van der Waals surface area contributed by atoms with Crippen molar-refractivity contribution in [2.45, 2.75) is 185 Å². The Hall–Kier alpha value is -4.57. The van der Waals surface area contributed by atoms with E-state index in [-0.39, 0.29) is 24.1 Å². The van der Waals surface area contributed by atoms with Crippen molar-refractivity contribution in [1.29, 1.82) is 0 Å².